The Hall–Kier alpha value is -3.06. The zero-order valence-electron chi connectivity index (χ0n) is 33.4. The van der Waals surface area contributed by atoms with Gasteiger partial charge in [0.2, 0.25) is 17.7 Å². The molecule has 1 N–H and O–H groups in total. The third-order valence-corrected chi connectivity index (χ3v) is 11.9. The molecular formula is C41H66N6O6. The van der Waals surface area contributed by atoms with Gasteiger partial charge in [-0.1, -0.05) is 71.4 Å². The highest BCUT2D eigenvalue weighted by Crippen LogP contribution is 2.30. The molecule has 4 aliphatic rings. The van der Waals surface area contributed by atoms with E-state index in [1.807, 2.05) is 65.2 Å². The second-order valence-electron chi connectivity index (χ2n) is 17.2. The van der Waals surface area contributed by atoms with E-state index in [9.17, 15) is 19.2 Å². The molecule has 0 saturated carbocycles. The summed E-state index contributed by atoms with van der Waals surface area (Å²) in [5.41, 5.74) is 0.446. The van der Waals surface area contributed by atoms with Crippen LogP contribution in [0.4, 0.5) is 0 Å². The maximum absolute atomic E-state index is 14.4. The molecule has 4 aliphatic heterocycles. The van der Waals surface area contributed by atoms with Gasteiger partial charge in [-0.2, -0.15) is 0 Å². The monoisotopic (exact) mass is 739 g/mol. The Morgan fingerprint density at radius 1 is 0.868 bits per heavy atom. The molecule has 4 saturated heterocycles. The molecule has 3 amide bonds. The summed E-state index contributed by atoms with van der Waals surface area (Å²) in [6.07, 6.45) is 5.34. The lowest BCUT2D eigenvalue weighted by molar-refractivity contribution is -0.160. The van der Waals surface area contributed by atoms with Crippen LogP contribution in [-0.2, 0) is 28.7 Å². The molecule has 0 radical (unpaired) electrons. The number of carbonyl (C=O) groups is 4. The number of ether oxygens (including phenoxy) is 2. The van der Waals surface area contributed by atoms with Crippen molar-refractivity contribution in [1.82, 2.24) is 29.8 Å². The molecule has 0 bridgehead atoms. The van der Waals surface area contributed by atoms with Crippen LogP contribution in [0, 0.1) is 11.3 Å². The Morgan fingerprint density at radius 3 is 2.19 bits per heavy atom. The van der Waals surface area contributed by atoms with Gasteiger partial charge in [-0.25, -0.2) is 4.79 Å². The van der Waals surface area contributed by atoms with E-state index in [1.165, 1.54) is 0 Å². The lowest BCUT2D eigenvalue weighted by Crippen LogP contribution is -2.61. The van der Waals surface area contributed by atoms with Crippen molar-refractivity contribution < 1.29 is 28.7 Å². The molecule has 4 heterocycles. The summed E-state index contributed by atoms with van der Waals surface area (Å²) < 4.78 is 11.8. The third kappa shape index (κ3) is 10.4. The number of esters is 1. The van der Waals surface area contributed by atoms with Crippen LogP contribution >= 0.6 is 0 Å². The largest absolute Gasteiger partial charge is 0.455 e. The second-order valence-corrected chi connectivity index (χ2v) is 17.2. The predicted molar refractivity (Wildman–Crippen MR) is 205 cm³/mol. The quantitative estimate of drug-likeness (QED) is 0.304. The number of piperidine rings is 1. The Balaban J connectivity index is 1.25. The van der Waals surface area contributed by atoms with E-state index in [-0.39, 0.29) is 47.7 Å². The minimum Gasteiger partial charge on any atom is -0.455 e. The Kier molecular flexibility index (Phi) is 14.4. The van der Waals surface area contributed by atoms with Gasteiger partial charge in [0.15, 0.2) is 0 Å². The number of benzene rings is 1. The molecule has 0 spiro atoms. The third-order valence-electron chi connectivity index (χ3n) is 11.9. The lowest BCUT2D eigenvalue weighted by Gasteiger charge is -2.41. The minimum atomic E-state index is -0.688. The Labute approximate surface area is 317 Å². The first-order valence-corrected chi connectivity index (χ1v) is 20.1. The molecular weight excluding hydrogens is 672 g/mol. The summed E-state index contributed by atoms with van der Waals surface area (Å²) in [5.74, 6) is -0.466. The van der Waals surface area contributed by atoms with Crippen molar-refractivity contribution in [2.45, 2.75) is 116 Å². The van der Waals surface area contributed by atoms with Crippen LogP contribution in [0.1, 0.15) is 91.2 Å². The van der Waals surface area contributed by atoms with Crippen LogP contribution in [0.15, 0.2) is 30.3 Å². The fraction of sp³-hybridized carbons (Fsp3) is 0.756. The number of nitrogens with zero attached hydrogens (tertiary/aromatic N) is 5. The molecule has 0 aromatic heterocycles. The number of rotatable bonds is 13. The molecule has 1 aromatic rings. The molecule has 6 atom stereocenters. The zero-order valence-corrected chi connectivity index (χ0v) is 33.4. The van der Waals surface area contributed by atoms with Crippen LogP contribution < -0.4 is 5.32 Å². The number of likely N-dealkylation sites (tertiary alicyclic amines) is 3. The van der Waals surface area contributed by atoms with Crippen molar-refractivity contribution in [3.05, 3.63) is 35.9 Å². The van der Waals surface area contributed by atoms with Crippen molar-refractivity contribution in [2.24, 2.45) is 11.3 Å². The number of amides is 3. The van der Waals surface area contributed by atoms with Crippen LogP contribution in [-0.4, -0.2) is 152 Å². The van der Waals surface area contributed by atoms with Gasteiger partial charge >= 0.3 is 5.97 Å². The molecule has 5 rings (SSSR count). The van der Waals surface area contributed by atoms with E-state index >= 15 is 0 Å². The summed E-state index contributed by atoms with van der Waals surface area (Å²) in [4.78, 5) is 66.2. The van der Waals surface area contributed by atoms with Crippen LogP contribution in [0.2, 0.25) is 0 Å². The topological polar surface area (TPSA) is 115 Å². The Bertz CT molecular complexity index is 1380. The van der Waals surface area contributed by atoms with Crippen LogP contribution in [0.3, 0.4) is 0 Å². The van der Waals surface area contributed by atoms with E-state index in [1.54, 1.807) is 9.80 Å². The van der Waals surface area contributed by atoms with Gasteiger partial charge in [0.05, 0.1) is 25.3 Å². The SMILES string of the molecule is CC(C)C(CN1CCCC1C(=O)N1CCCC1C(=O)OC(CN1CCOCC1)c1ccccc1)N(C)C(=O)C(NC(=O)C1CCCCN1C)C(C)(C)C. The van der Waals surface area contributed by atoms with E-state index in [0.29, 0.717) is 45.7 Å². The molecule has 6 unspecified atom stereocenters. The van der Waals surface area contributed by atoms with E-state index in [0.717, 1.165) is 63.8 Å². The average Bonchev–Trinajstić information content (AvgIpc) is 3.83. The maximum Gasteiger partial charge on any atom is 0.329 e. The first-order valence-electron chi connectivity index (χ1n) is 20.1. The number of hydrogen-bond donors (Lipinski definition) is 1. The minimum absolute atomic E-state index is 0.0284. The normalized spacial score (nSPS) is 25.2. The van der Waals surface area contributed by atoms with E-state index in [4.69, 9.17) is 9.47 Å². The van der Waals surface area contributed by atoms with Crippen molar-refractivity contribution in [3.63, 3.8) is 0 Å². The van der Waals surface area contributed by atoms with Gasteiger partial charge in [0, 0.05) is 45.8 Å². The fourth-order valence-corrected chi connectivity index (χ4v) is 8.59. The molecule has 1 aromatic carbocycles. The van der Waals surface area contributed by atoms with Crippen molar-refractivity contribution in [2.75, 3.05) is 73.1 Å². The van der Waals surface area contributed by atoms with Gasteiger partial charge < -0.3 is 24.6 Å². The first kappa shape index (κ1) is 41.1. The van der Waals surface area contributed by atoms with Crippen molar-refractivity contribution in [1.29, 1.82) is 0 Å². The van der Waals surface area contributed by atoms with Gasteiger partial charge in [0.25, 0.3) is 0 Å². The highest BCUT2D eigenvalue weighted by atomic mass is 16.5. The van der Waals surface area contributed by atoms with Gasteiger partial charge in [0.1, 0.15) is 18.2 Å². The van der Waals surface area contributed by atoms with Crippen LogP contribution in [0.25, 0.3) is 0 Å². The van der Waals surface area contributed by atoms with E-state index in [2.05, 4.69) is 33.9 Å². The second kappa shape index (κ2) is 18.5. The number of hydrogen-bond acceptors (Lipinski definition) is 9. The number of nitrogens with one attached hydrogen (secondary N) is 1. The summed E-state index contributed by atoms with van der Waals surface area (Å²) >= 11 is 0. The van der Waals surface area contributed by atoms with Gasteiger partial charge in [-0.15, -0.1) is 0 Å². The van der Waals surface area contributed by atoms with Crippen molar-refractivity contribution in [3.8, 4) is 0 Å². The molecule has 296 valence electrons. The Morgan fingerprint density at radius 2 is 1.53 bits per heavy atom. The number of morpholine rings is 1. The highest BCUT2D eigenvalue weighted by molar-refractivity contribution is 5.91. The summed E-state index contributed by atoms with van der Waals surface area (Å²) in [6, 6.07) is 7.77. The standard InChI is InChI=1S/C41H66N6O6/c1-29(2)34(44(7)39(50)36(41(3,4)5)42-37(48)31-17-11-12-20-43(31)6)27-46-21-13-18-32(46)38(49)47-22-14-19-33(47)40(51)53-35(30-15-9-8-10-16-30)28-45-23-25-52-26-24-45/h8-10,15-16,29,31-36H,11-14,17-28H2,1-7H3,(H,42,48). The average molecular weight is 739 g/mol. The molecule has 4 fully saturated rings. The van der Waals surface area contributed by atoms with Crippen molar-refractivity contribution >= 4 is 23.7 Å². The number of carbonyl (C=O) groups excluding carboxylic acids is 4. The summed E-state index contributed by atoms with van der Waals surface area (Å²) in [5, 5.41) is 3.15. The first-order chi connectivity index (χ1) is 25.3. The molecule has 12 heteroatoms. The zero-order chi connectivity index (χ0) is 38.3. The molecule has 12 nitrogen and oxygen atoms in total. The predicted octanol–water partition coefficient (Wildman–Crippen LogP) is 3.56. The number of likely N-dealkylation sites (N-methyl/N-ethyl adjacent to an activating group) is 2. The highest BCUT2D eigenvalue weighted by Gasteiger charge is 2.44. The molecule has 53 heavy (non-hydrogen) atoms. The maximum atomic E-state index is 14.4. The van der Waals surface area contributed by atoms with E-state index < -0.39 is 23.6 Å². The van der Waals surface area contributed by atoms with Crippen LogP contribution in [0.5, 0.6) is 0 Å². The fourth-order valence-electron chi connectivity index (χ4n) is 8.59. The molecule has 0 aliphatic carbocycles. The summed E-state index contributed by atoms with van der Waals surface area (Å²) in [7, 11) is 3.82. The van der Waals surface area contributed by atoms with Gasteiger partial charge in [-0.05, 0) is 75.6 Å². The summed E-state index contributed by atoms with van der Waals surface area (Å²) in [6.45, 7) is 16.3. The van der Waals surface area contributed by atoms with Gasteiger partial charge in [-0.3, -0.25) is 29.1 Å². The lowest BCUT2D eigenvalue weighted by atomic mass is 9.84. The smallest absolute Gasteiger partial charge is 0.329 e.